The largest absolute Gasteiger partial charge is 0.399 e. The van der Waals surface area contributed by atoms with Gasteiger partial charge in [-0.05, 0) is 24.6 Å². The van der Waals surface area contributed by atoms with Crippen molar-refractivity contribution < 1.29 is 0 Å². The van der Waals surface area contributed by atoms with E-state index in [1.807, 2.05) is 31.2 Å². The van der Waals surface area contributed by atoms with Crippen molar-refractivity contribution in [3.63, 3.8) is 0 Å². The van der Waals surface area contributed by atoms with Crippen LogP contribution in [-0.4, -0.2) is 9.97 Å². The monoisotopic (exact) mass is 200 g/mol. The summed E-state index contributed by atoms with van der Waals surface area (Å²) in [4.78, 5) is 8.08. The summed E-state index contributed by atoms with van der Waals surface area (Å²) in [6, 6.07) is 7.61. The number of nitrogen functional groups attached to an aromatic ring is 2. The standard InChI is InChI=1S/C11H12N4/c1-7-10(6-14-11(13)15-7)8-3-2-4-9(12)5-8/h2-6H,12H2,1H3,(H2,13,14,15). The van der Waals surface area contributed by atoms with E-state index in [1.54, 1.807) is 6.20 Å². The summed E-state index contributed by atoms with van der Waals surface area (Å²) in [5.41, 5.74) is 14.7. The minimum Gasteiger partial charge on any atom is -0.399 e. The van der Waals surface area contributed by atoms with Crippen molar-refractivity contribution >= 4 is 11.6 Å². The molecule has 0 fully saturated rings. The Morgan fingerprint density at radius 3 is 2.67 bits per heavy atom. The van der Waals surface area contributed by atoms with Gasteiger partial charge in [-0.2, -0.15) is 0 Å². The Morgan fingerprint density at radius 2 is 2.00 bits per heavy atom. The first kappa shape index (κ1) is 9.45. The lowest BCUT2D eigenvalue weighted by Crippen LogP contribution is -1.98. The molecule has 2 aromatic rings. The van der Waals surface area contributed by atoms with Gasteiger partial charge in [0.1, 0.15) is 0 Å². The van der Waals surface area contributed by atoms with Gasteiger partial charge in [0.05, 0.1) is 5.69 Å². The van der Waals surface area contributed by atoms with Gasteiger partial charge in [-0.1, -0.05) is 12.1 Å². The third-order valence-corrected chi connectivity index (χ3v) is 2.20. The van der Waals surface area contributed by atoms with Gasteiger partial charge in [-0.3, -0.25) is 0 Å². The molecule has 0 aliphatic rings. The number of hydrogen-bond donors (Lipinski definition) is 2. The number of rotatable bonds is 1. The van der Waals surface area contributed by atoms with E-state index in [1.165, 1.54) is 0 Å². The molecule has 15 heavy (non-hydrogen) atoms. The van der Waals surface area contributed by atoms with Crippen LogP contribution in [0.15, 0.2) is 30.5 Å². The van der Waals surface area contributed by atoms with Gasteiger partial charge in [0.2, 0.25) is 5.95 Å². The molecular formula is C11H12N4. The maximum atomic E-state index is 5.71. The van der Waals surface area contributed by atoms with Gasteiger partial charge in [-0.15, -0.1) is 0 Å². The van der Waals surface area contributed by atoms with Crippen molar-refractivity contribution in [2.45, 2.75) is 6.92 Å². The molecule has 2 rings (SSSR count). The highest BCUT2D eigenvalue weighted by Crippen LogP contribution is 2.23. The molecule has 0 amide bonds. The first-order valence-electron chi connectivity index (χ1n) is 4.62. The molecule has 0 saturated heterocycles. The second-order valence-electron chi connectivity index (χ2n) is 3.35. The van der Waals surface area contributed by atoms with Crippen molar-refractivity contribution in [2.75, 3.05) is 11.5 Å². The van der Waals surface area contributed by atoms with Crippen LogP contribution >= 0.6 is 0 Å². The fraction of sp³-hybridized carbons (Fsp3) is 0.0909. The SMILES string of the molecule is Cc1nc(N)ncc1-c1cccc(N)c1. The fourth-order valence-corrected chi connectivity index (χ4v) is 1.47. The van der Waals surface area contributed by atoms with Crippen LogP contribution in [0.5, 0.6) is 0 Å². The fourth-order valence-electron chi connectivity index (χ4n) is 1.47. The van der Waals surface area contributed by atoms with E-state index in [9.17, 15) is 0 Å². The van der Waals surface area contributed by atoms with E-state index < -0.39 is 0 Å². The van der Waals surface area contributed by atoms with E-state index in [4.69, 9.17) is 11.5 Å². The maximum Gasteiger partial charge on any atom is 0.220 e. The number of aryl methyl sites for hydroxylation is 1. The molecule has 76 valence electrons. The summed E-state index contributed by atoms with van der Waals surface area (Å²) in [6.45, 7) is 1.90. The van der Waals surface area contributed by atoms with Crippen molar-refractivity contribution in [3.05, 3.63) is 36.2 Å². The van der Waals surface area contributed by atoms with Gasteiger partial charge in [0.15, 0.2) is 0 Å². The lowest BCUT2D eigenvalue weighted by molar-refractivity contribution is 1.12. The Bertz CT molecular complexity index is 494. The van der Waals surface area contributed by atoms with Crippen molar-refractivity contribution in [1.82, 2.24) is 9.97 Å². The second-order valence-corrected chi connectivity index (χ2v) is 3.35. The number of anilines is 2. The number of aromatic nitrogens is 2. The summed E-state index contributed by atoms with van der Waals surface area (Å²) < 4.78 is 0. The Hall–Kier alpha value is -2.10. The van der Waals surface area contributed by atoms with Gasteiger partial charge < -0.3 is 11.5 Å². The molecule has 0 aliphatic carbocycles. The van der Waals surface area contributed by atoms with Gasteiger partial charge >= 0.3 is 0 Å². The van der Waals surface area contributed by atoms with Crippen LogP contribution in [0.2, 0.25) is 0 Å². The normalized spacial score (nSPS) is 10.2. The Labute approximate surface area is 88.0 Å². The lowest BCUT2D eigenvalue weighted by Gasteiger charge is -2.05. The second kappa shape index (κ2) is 3.57. The summed E-state index contributed by atoms with van der Waals surface area (Å²) >= 11 is 0. The third kappa shape index (κ3) is 1.88. The van der Waals surface area contributed by atoms with E-state index in [0.717, 1.165) is 22.5 Å². The van der Waals surface area contributed by atoms with Crippen LogP contribution < -0.4 is 11.5 Å². The quantitative estimate of drug-likeness (QED) is 0.685. The van der Waals surface area contributed by atoms with Crippen LogP contribution in [0.3, 0.4) is 0 Å². The van der Waals surface area contributed by atoms with E-state index in [-0.39, 0.29) is 0 Å². The zero-order valence-corrected chi connectivity index (χ0v) is 8.44. The van der Waals surface area contributed by atoms with Crippen molar-refractivity contribution in [3.8, 4) is 11.1 Å². The minimum absolute atomic E-state index is 0.292. The molecule has 0 aliphatic heterocycles. The average molecular weight is 200 g/mol. The molecule has 0 radical (unpaired) electrons. The first-order chi connectivity index (χ1) is 7.16. The van der Waals surface area contributed by atoms with Crippen LogP contribution in [0.25, 0.3) is 11.1 Å². The summed E-state index contributed by atoms with van der Waals surface area (Å²) in [5.74, 6) is 0.292. The van der Waals surface area contributed by atoms with Crippen LogP contribution in [0.1, 0.15) is 5.69 Å². The molecule has 4 heteroatoms. The number of benzene rings is 1. The Balaban J connectivity index is 2.54. The molecular weight excluding hydrogens is 188 g/mol. The molecule has 0 atom stereocenters. The van der Waals surface area contributed by atoms with Crippen molar-refractivity contribution in [1.29, 1.82) is 0 Å². The minimum atomic E-state index is 0.292. The predicted molar refractivity (Wildman–Crippen MR) is 61.0 cm³/mol. The highest BCUT2D eigenvalue weighted by molar-refractivity contribution is 5.68. The van der Waals surface area contributed by atoms with E-state index in [2.05, 4.69) is 9.97 Å². The number of nitrogens with zero attached hydrogens (tertiary/aromatic N) is 2. The average Bonchev–Trinajstić information content (AvgIpc) is 2.17. The molecule has 0 saturated carbocycles. The van der Waals surface area contributed by atoms with Gasteiger partial charge in [0, 0.05) is 17.4 Å². The molecule has 0 unspecified atom stereocenters. The smallest absolute Gasteiger partial charge is 0.220 e. The molecule has 1 heterocycles. The topological polar surface area (TPSA) is 77.8 Å². The predicted octanol–water partition coefficient (Wildman–Crippen LogP) is 1.62. The summed E-state index contributed by atoms with van der Waals surface area (Å²) in [6.07, 6.45) is 1.71. The lowest BCUT2D eigenvalue weighted by atomic mass is 10.1. The maximum absolute atomic E-state index is 5.71. The highest BCUT2D eigenvalue weighted by Gasteiger charge is 2.04. The van der Waals surface area contributed by atoms with Crippen LogP contribution in [0.4, 0.5) is 11.6 Å². The first-order valence-corrected chi connectivity index (χ1v) is 4.62. The number of hydrogen-bond acceptors (Lipinski definition) is 4. The molecule has 0 spiro atoms. The Kier molecular flexibility index (Phi) is 2.25. The van der Waals surface area contributed by atoms with E-state index in [0.29, 0.717) is 5.95 Å². The highest BCUT2D eigenvalue weighted by atomic mass is 15.0. The van der Waals surface area contributed by atoms with Crippen molar-refractivity contribution in [2.24, 2.45) is 0 Å². The third-order valence-electron chi connectivity index (χ3n) is 2.20. The molecule has 0 bridgehead atoms. The molecule has 4 nitrogen and oxygen atoms in total. The molecule has 1 aromatic heterocycles. The zero-order valence-electron chi connectivity index (χ0n) is 8.44. The van der Waals surface area contributed by atoms with Gasteiger partial charge in [-0.25, -0.2) is 9.97 Å². The van der Waals surface area contributed by atoms with Crippen LogP contribution in [0, 0.1) is 6.92 Å². The molecule has 1 aromatic carbocycles. The zero-order chi connectivity index (χ0) is 10.8. The summed E-state index contributed by atoms with van der Waals surface area (Å²) in [5, 5.41) is 0. The summed E-state index contributed by atoms with van der Waals surface area (Å²) in [7, 11) is 0. The molecule has 4 N–H and O–H groups in total. The van der Waals surface area contributed by atoms with E-state index >= 15 is 0 Å². The number of nitrogens with two attached hydrogens (primary N) is 2. The van der Waals surface area contributed by atoms with Gasteiger partial charge in [0.25, 0.3) is 0 Å². The van der Waals surface area contributed by atoms with Crippen LogP contribution in [-0.2, 0) is 0 Å². The Morgan fingerprint density at radius 1 is 1.20 bits per heavy atom.